The van der Waals surface area contributed by atoms with E-state index in [0.29, 0.717) is 30.5 Å². The van der Waals surface area contributed by atoms with Gasteiger partial charge in [-0.25, -0.2) is 9.37 Å². The minimum atomic E-state index is -4.79. The second-order valence-electron chi connectivity index (χ2n) is 9.05. The molecule has 2 N–H and O–H groups in total. The summed E-state index contributed by atoms with van der Waals surface area (Å²) < 4.78 is 52.0. The number of aromatic nitrogens is 2. The van der Waals surface area contributed by atoms with Crippen molar-refractivity contribution >= 4 is 28.6 Å². The van der Waals surface area contributed by atoms with E-state index in [1.54, 1.807) is 0 Å². The van der Waals surface area contributed by atoms with Gasteiger partial charge in [0.15, 0.2) is 0 Å². The minimum Gasteiger partial charge on any atom is -0.362 e. The summed E-state index contributed by atoms with van der Waals surface area (Å²) >= 11 is 0. The van der Waals surface area contributed by atoms with E-state index < -0.39 is 23.5 Å². The number of amides is 1. The van der Waals surface area contributed by atoms with Crippen LogP contribution in [0, 0.1) is 11.7 Å². The number of nitrogens with one attached hydrogen (secondary N) is 2. The fourth-order valence-electron chi connectivity index (χ4n) is 4.38. The van der Waals surface area contributed by atoms with Gasteiger partial charge in [-0.15, -0.1) is 0 Å². The highest BCUT2D eigenvalue weighted by Crippen LogP contribution is 2.32. The Hall–Kier alpha value is -3.43. The Labute approximate surface area is 200 Å². The molecular formula is C25H27F4N5O. The molecule has 186 valence electrons. The summed E-state index contributed by atoms with van der Waals surface area (Å²) in [5.41, 5.74) is -0.639. The third kappa shape index (κ3) is 5.80. The van der Waals surface area contributed by atoms with Gasteiger partial charge in [-0.1, -0.05) is 12.1 Å². The zero-order valence-electron chi connectivity index (χ0n) is 19.5. The van der Waals surface area contributed by atoms with E-state index in [1.165, 1.54) is 0 Å². The topological polar surface area (TPSA) is 70.2 Å². The second-order valence-corrected chi connectivity index (χ2v) is 9.05. The molecule has 0 saturated heterocycles. The molecule has 35 heavy (non-hydrogen) atoms. The second kappa shape index (κ2) is 10.1. The molecule has 1 amide bonds. The molecule has 1 fully saturated rings. The third-order valence-electron chi connectivity index (χ3n) is 6.27. The molecule has 1 saturated carbocycles. The monoisotopic (exact) mass is 489 g/mol. The normalized spacial score (nSPS) is 18.3. The molecule has 1 aliphatic rings. The Balaban J connectivity index is 1.30. The lowest BCUT2D eigenvalue weighted by atomic mass is 9.86. The molecular weight excluding hydrogens is 462 g/mol. The third-order valence-corrected chi connectivity index (χ3v) is 6.27. The molecule has 1 aromatic heterocycles. The van der Waals surface area contributed by atoms with E-state index in [0.717, 1.165) is 48.5 Å². The number of nitrogens with zero attached hydrogens (tertiary/aromatic N) is 3. The summed E-state index contributed by atoms with van der Waals surface area (Å²) in [5.74, 6) is -0.255. The standard InChI is InChI=1S/C25H27F4N5O/c1-34(2)22-18-5-3-4-6-21(18)32-24(33-22)30-14-15-7-10-17(11-8-15)31-23(35)16-9-12-19(20(26)13-16)25(27,28)29/h3-6,9,12-13,15,17H,7-8,10-11,14H2,1-2H3,(H,31,35)(H,30,32,33). The summed E-state index contributed by atoms with van der Waals surface area (Å²) in [7, 11) is 3.88. The maximum absolute atomic E-state index is 13.8. The number of carbonyl (C=O) groups is 1. The van der Waals surface area contributed by atoms with Crippen molar-refractivity contribution in [2.75, 3.05) is 30.9 Å². The van der Waals surface area contributed by atoms with Gasteiger partial charge in [0.2, 0.25) is 5.95 Å². The van der Waals surface area contributed by atoms with Crippen LogP contribution in [0.25, 0.3) is 10.9 Å². The molecule has 0 radical (unpaired) electrons. The number of hydrogen-bond acceptors (Lipinski definition) is 5. The maximum Gasteiger partial charge on any atom is 0.419 e. The van der Waals surface area contributed by atoms with Crippen LogP contribution < -0.4 is 15.5 Å². The predicted octanol–water partition coefficient (Wildman–Crippen LogP) is 5.25. The predicted molar refractivity (Wildman–Crippen MR) is 127 cm³/mol. The average molecular weight is 490 g/mol. The summed E-state index contributed by atoms with van der Waals surface area (Å²) in [5, 5.41) is 7.13. The van der Waals surface area contributed by atoms with Crippen LogP contribution in [0.4, 0.5) is 29.3 Å². The molecule has 0 spiro atoms. The van der Waals surface area contributed by atoms with E-state index in [2.05, 4.69) is 20.6 Å². The van der Waals surface area contributed by atoms with E-state index >= 15 is 0 Å². The van der Waals surface area contributed by atoms with Crippen molar-refractivity contribution < 1.29 is 22.4 Å². The summed E-state index contributed by atoms with van der Waals surface area (Å²) in [6, 6.07) is 9.96. The molecule has 2 aromatic carbocycles. The SMILES string of the molecule is CN(C)c1nc(NCC2CCC(NC(=O)c3ccc(C(F)(F)F)c(F)c3)CC2)nc2ccccc12. The van der Waals surface area contributed by atoms with Crippen LogP contribution >= 0.6 is 0 Å². The van der Waals surface area contributed by atoms with Crippen molar-refractivity contribution in [1.82, 2.24) is 15.3 Å². The van der Waals surface area contributed by atoms with Gasteiger partial charge in [-0.3, -0.25) is 4.79 Å². The van der Waals surface area contributed by atoms with Gasteiger partial charge in [0.1, 0.15) is 11.6 Å². The van der Waals surface area contributed by atoms with E-state index in [9.17, 15) is 22.4 Å². The Morgan fingerprint density at radius 2 is 1.77 bits per heavy atom. The van der Waals surface area contributed by atoms with Crippen LogP contribution in [-0.2, 0) is 6.18 Å². The van der Waals surface area contributed by atoms with E-state index in [1.807, 2.05) is 43.3 Å². The van der Waals surface area contributed by atoms with Gasteiger partial charge in [0, 0.05) is 37.6 Å². The molecule has 6 nitrogen and oxygen atoms in total. The first-order chi connectivity index (χ1) is 16.6. The van der Waals surface area contributed by atoms with Crippen molar-refractivity contribution in [1.29, 1.82) is 0 Å². The lowest BCUT2D eigenvalue weighted by Gasteiger charge is -2.29. The van der Waals surface area contributed by atoms with Gasteiger partial charge in [0.25, 0.3) is 5.91 Å². The number of anilines is 2. The smallest absolute Gasteiger partial charge is 0.362 e. The van der Waals surface area contributed by atoms with Crippen molar-refractivity contribution in [3.05, 3.63) is 59.4 Å². The fourth-order valence-corrected chi connectivity index (χ4v) is 4.38. The molecule has 0 aliphatic heterocycles. The van der Waals surface area contributed by atoms with Gasteiger partial charge in [-0.2, -0.15) is 18.2 Å². The number of benzene rings is 2. The number of carbonyl (C=O) groups excluding carboxylic acids is 1. The van der Waals surface area contributed by atoms with Gasteiger partial charge in [0.05, 0.1) is 11.1 Å². The van der Waals surface area contributed by atoms with Crippen molar-refractivity contribution in [3.8, 4) is 0 Å². The minimum absolute atomic E-state index is 0.110. The number of rotatable bonds is 6. The van der Waals surface area contributed by atoms with Crippen LogP contribution in [0.1, 0.15) is 41.6 Å². The average Bonchev–Trinajstić information content (AvgIpc) is 2.82. The first kappa shape index (κ1) is 24.7. The number of para-hydroxylation sites is 1. The van der Waals surface area contributed by atoms with E-state index in [4.69, 9.17) is 0 Å². The zero-order chi connectivity index (χ0) is 25.2. The first-order valence-electron chi connectivity index (χ1n) is 11.5. The highest BCUT2D eigenvalue weighted by atomic mass is 19.4. The van der Waals surface area contributed by atoms with Crippen LogP contribution in [0.15, 0.2) is 42.5 Å². The Morgan fingerprint density at radius 1 is 1.06 bits per heavy atom. The number of hydrogen-bond donors (Lipinski definition) is 2. The molecule has 0 atom stereocenters. The fraction of sp³-hybridized carbons (Fsp3) is 0.400. The Kier molecular flexibility index (Phi) is 7.09. The molecule has 4 rings (SSSR count). The van der Waals surface area contributed by atoms with Crippen LogP contribution in [0.3, 0.4) is 0 Å². The lowest BCUT2D eigenvalue weighted by Crippen LogP contribution is -2.38. The van der Waals surface area contributed by atoms with E-state index in [-0.39, 0.29) is 11.6 Å². The van der Waals surface area contributed by atoms with Crippen LogP contribution in [0.5, 0.6) is 0 Å². The zero-order valence-corrected chi connectivity index (χ0v) is 19.5. The van der Waals surface area contributed by atoms with Crippen molar-refractivity contribution in [3.63, 3.8) is 0 Å². The van der Waals surface area contributed by atoms with Crippen molar-refractivity contribution in [2.45, 2.75) is 37.9 Å². The Morgan fingerprint density at radius 3 is 2.43 bits per heavy atom. The lowest BCUT2D eigenvalue weighted by molar-refractivity contribution is -0.140. The van der Waals surface area contributed by atoms with Crippen molar-refractivity contribution in [2.24, 2.45) is 5.92 Å². The first-order valence-corrected chi connectivity index (χ1v) is 11.5. The molecule has 3 aromatic rings. The molecule has 1 heterocycles. The maximum atomic E-state index is 13.8. The molecule has 0 unspecified atom stereocenters. The summed E-state index contributed by atoms with van der Waals surface area (Å²) in [4.78, 5) is 23.6. The summed E-state index contributed by atoms with van der Waals surface area (Å²) in [6.45, 7) is 0.690. The van der Waals surface area contributed by atoms with Gasteiger partial charge >= 0.3 is 6.18 Å². The highest BCUT2D eigenvalue weighted by Gasteiger charge is 2.34. The number of halogens is 4. The number of fused-ring (bicyclic) bond motifs is 1. The number of alkyl halides is 3. The largest absolute Gasteiger partial charge is 0.419 e. The van der Waals surface area contributed by atoms with Crippen LogP contribution in [0.2, 0.25) is 0 Å². The molecule has 1 aliphatic carbocycles. The van der Waals surface area contributed by atoms with Gasteiger partial charge in [-0.05, 0) is 61.9 Å². The molecule has 0 bridgehead atoms. The Bertz CT molecular complexity index is 1210. The van der Waals surface area contributed by atoms with Crippen LogP contribution in [-0.4, -0.2) is 42.6 Å². The molecule has 10 heteroatoms. The quantitative estimate of drug-likeness (QED) is 0.463. The summed E-state index contributed by atoms with van der Waals surface area (Å²) in [6.07, 6.45) is -1.64. The van der Waals surface area contributed by atoms with Gasteiger partial charge < -0.3 is 15.5 Å². The highest BCUT2D eigenvalue weighted by molar-refractivity contribution is 5.94.